The van der Waals surface area contributed by atoms with Crippen molar-refractivity contribution >= 4 is 29.0 Å². The maximum absolute atomic E-state index is 13.2. The first-order valence-electron chi connectivity index (χ1n) is 9.65. The van der Waals surface area contributed by atoms with Gasteiger partial charge in [-0.15, -0.1) is 0 Å². The van der Waals surface area contributed by atoms with Gasteiger partial charge in [-0.05, 0) is 68.7 Å². The zero-order valence-corrected chi connectivity index (χ0v) is 16.5. The summed E-state index contributed by atoms with van der Waals surface area (Å²) >= 11 is 0. The highest BCUT2D eigenvalue weighted by Gasteiger charge is 2.24. The standard InChI is InChI=1S/C23H22N4O2/c1-15-14-20(22(29)27-13-5-7-18-6-3-4-8-21(18)27)26-23(24-15)25-19-11-9-17(10-12-19)16(2)28/h3-4,6,8-12,14H,5,7,13H2,1-2H3,(H,24,25,26). The normalized spacial score (nSPS) is 13.0. The van der Waals surface area contributed by atoms with E-state index in [1.54, 1.807) is 35.2 Å². The van der Waals surface area contributed by atoms with Crippen molar-refractivity contribution in [1.82, 2.24) is 9.97 Å². The number of amides is 1. The SMILES string of the molecule is CC(=O)c1ccc(Nc2nc(C)cc(C(=O)N3CCCc4ccccc43)n2)cc1. The van der Waals surface area contributed by atoms with E-state index in [9.17, 15) is 9.59 Å². The topological polar surface area (TPSA) is 75.2 Å². The third kappa shape index (κ3) is 4.01. The van der Waals surface area contributed by atoms with Crippen molar-refractivity contribution in [3.05, 3.63) is 77.1 Å². The minimum Gasteiger partial charge on any atom is -0.324 e. The van der Waals surface area contributed by atoms with Crippen LogP contribution in [0.1, 0.15) is 45.4 Å². The highest BCUT2D eigenvalue weighted by atomic mass is 16.2. The number of nitrogens with one attached hydrogen (secondary N) is 1. The molecule has 1 amide bonds. The molecule has 0 saturated carbocycles. The number of carbonyl (C=O) groups excluding carboxylic acids is 2. The van der Waals surface area contributed by atoms with Crippen LogP contribution in [0.2, 0.25) is 0 Å². The molecule has 0 radical (unpaired) electrons. The van der Waals surface area contributed by atoms with Crippen LogP contribution in [-0.2, 0) is 6.42 Å². The van der Waals surface area contributed by atoms with E-state index in [0.717, 1.165) is 24.2 Å². The maximum atomic E-state index is 13.2. The first kappa shape index (κ1) is 18.8. The number of hydrogen-bond donors (Lipinski definition) is 1. The summed E-state index contributed by atoms with van der Waals surface area (Å²) in [5.74, 6) is 0.241. The number of carbonyl (C=O) groups is 2. The molecule has 6 nitrogen and oxygen atoms in total. The number of rotatable bonds is 4. The summed E-state index contributed by atoms with van der Waals surface area (Å²) in [6.45, 7) is 4.05. The third-order valence-corrected chi connectivity index (χ3v) is 4.98. The van der Waals surface area contributed by atoms with Gasteiger partial charge in [-0.1, -0.05) is 18.2 Å². The summed E-state index contributed by atoms with van der Waals surface area (Å²) in [7, 11) is 0. The molecule has 0 aliphatic carbocycles. The predicted molar refractivity (Wildman–Crippen MR) is 113 cm³/mol. The summed E-state index contributed by atoms with van der Waals surface area (Å²) in [5, 5.41) is 3.12. The highest BCUT2D eigenvalue weighted by Crippen LogP contribution is 2.28. The first-order valence-corrected chi connectivity index (χ1v) is 9.65. The summed E-state index contributed by atoms with van der Waals surface area (Å²) in [4.78, 5) is 35.3. The van der Waals surface area contributed by atoms with Crippen molar-refractivity contribution in [2.75, 3.05) is 16.8 Å². The van der Waals surface area contributed by atoms with Gasteiger partial charge < -0.3 is 10.2 Å². The predicted octanol–water partition coefficient (Wildman–Crippen LogP) is 4.32. The van der Waals surface area contributed by atoms with Crippen LogP contribution in [0.25, 0.3) is 0 Å². The summed E-state index contributed by atoms with van der Waals surface area (Å²) < 4.78 is 0. The Morgan fingerprint density at radius 1 is 1.03 bits per heavy atom. The Kier molecular flexibility index (Phi) is 5.08. The molecular weight excluding hydrogens is 364 g/mol. The van der Waals surface area contributed by atoms with E-state index in [1.165, 1.54) is 12.5 Å². The van der Waals surface area contributed by atoms with Crippen LogP contribution in [-0.4, -0.2) is 28.2 Å². The number of aromatic nitrogens is 2. The number of ketones is 1. The summed E-state index contributed by atoms with van der Waals surface area (Å²) in [6, 6.07) is 16.8. The van der Waals surface area contributed by atoms with Crippen molar-refractivity contribution in [3.8, 4) is 0 Å². The number of Topliss-reactive ketones (excluding diaryl/α,β-unsaturated/α-hetero) is 1. The molecule has 3 aromatic rings. The maximum Gasteiger partial charge on any atom is 0.277 e. The zero-order chi connectivity index (χ0) is 20.4. The molecule has 6 heteroatoms. The average Bonchev–Trinajstić information content (AvgIpc) is 2.73. The number of aryl methyl sites for hydroxylation is 2. The second-order valence-electron chi connectivity index (χ2n) is 7.17. The summed E-state index contributed by atoms with van der Waals surface area (Å²) in [5.41, 5.74) is 4.59. The smallest absolute Gasteiger partial charge is 0.277 e. The second-order valence-corrected chi connectivity index (χ2v) is 7.17. The Bertz CT molecular complexity index is 1080. The lowest BCUT2D eigenvalue weighted by atomic mass is 10.0. The number of anilines is 3. The number of nitrogens with zero attached hydrogens (tertiary/aromatic N) is 3. The molecule has 1 aliphatic rings. The van der Waals surface area contributed by atoms with Gasteiger partial charge in [-0.2, -0.15) is 0 Å². The number of para-hydroxylation sites is 1. The van der Waals surface area contributed by atoms with Crippen LogP contribution in [0.3, 0.4) is 0 Å². The lowest BCUT2D eigenvalue weighted by Gasteiger charge is -2.29. The van der Waals surface area contributed by atoms with Crippen LogP contribution in [0.5, 0.6) is 0 Å². The van der Waals surface area contributed by atoms with Crippen molar-refractivity contribution in [2.45, 2.75) is 26.7 Å². The Morgan fingerprint density at radius 3 is 2.55 bits per heavy atom. The average molecular weight is 386 g/mol. The third-order valence-electron chi connectivity index (χ3n) is 4.98. The zero-order valence-electron chi connectivity index (χ0n) is 16.5. The summed E-state index contributed by atoms with van der Waals surface area (Å²) in [6.07, 6.45) is 1.91. The molecule has 1 N–H and O–H groups in total. The Balaban J connectivity index is 1.60. The second kappa shape index (κ2) is 7.83. The van der Waals surface area contributed by atoms with Crippen LogP contribution in [0.15, 0.2) is 54.6 Å². The molecule has 29 heavy (non-hydrogen) atoms. The molecule has 0 unspecified atom stereocenters. The van der Waals surface area contributed by atoms with Crippen molar-refractivity contribution in [3.63, 3.8) is 0 Å². The number of fused-ring (bicyclic) bond motifs is 1. The van der Waals surface area contributed by atoms with Gasteiger partial charge in [0.1, 0.15) is 5.69 Å². The van der Waals surface area contributed by atoms with Crippen LogP contribution < -0.4 is 10.2 Å². The molecular formula is C23H22N4O2. The van der Waals surface area contributed by atoms with Crippen LogP contribution in [0.4, 0.5) is 17.3 Å². The fourth-order valence-corrected chi connectivity index (χ4v) is 3.53. The van der Waals surface area contributed by atoms with Gasteiger partial charge in [0.2, 0.25) is 5.95 Å². The van der Waals surface area contributed by atoms with Crippen molar-refractivity contribution < 1.29 is 9.59 Å². The quantitative estimate of drug-likeness (QED) is 0.676. The van der Waals surface area contributed by atoms with Crippen LogP contribution >= 0.6 is 0 Å². The molecule has 0 fully saturated rings. The fourth-order valence-electron chi connectivity index (χ4n) is 3.53. The lowest BCUT2D eigenvalue weighted by molar-refractivity contribution is 0.0978. The molecule has 0 saturated heterocycles. The van der Waals surface area contributed by atoms with Crippen molar-refractivity contribution in [1.29, 1.82) is 0 Å². The molecule has 2 aromatic carbocycles. The van der Waals surface area contributed by atoms with Gasteiger partial charge in [0, 0.05) is 29.2 Å². The Hall–Kier alpha value is -3.54. The monoisotopic (exact) mass is 386 g/mol. The minimum absolute atomic E-state index is 0.0121. The molecule has 0 bridgehead atoms. The Morgan fingerprint density at radius 2 is 1.79 bits per heavy atom. The molecule has 1 aromatic heterocycles. The number of benzene rings is 2. The largest absolute Gasteiger partial charge is 0.324 e. The van der Waals surface area contributed by atoms with E-state index in [2.05, 4.69) is 21.4 Å². The van der Waals surface area contributed by atoms with Crippen LogP contribution in [0, 0.1) is 6.92 Å². The van der Waals surface area contributed by atoms with Gasteiger partial charge in [0.25, 0.3) is 5.91 Å². The van der Waals surface area contributed by atoms with E-state index in [0.29, 0.717) is 29.4 Å². The van der Waals surface area contributed by atoms with E-state index in [1.807, 2.05) is 25.1 Å². The fraction of sp³-hybridized carbons (Fsp3) is 0.217. The van der Waals surface area contributed by atoms with Gasteiger partial charge >= 0.3 is 0 Å². The molecule has 146 valence electrons. The molecule has 0 spiro atoms. The molecule has 4 rings (SSSR count). The van der Waals surface area contributed by atoms with E-state index in [-0.39, 0.29) is 11.7 Å². The van der Waals surface area contributed by atoms with E-state index >= 15 is 0 Å². The van der Waals surface area contributed by atoms with E-state index < -0.39 is 0 Å². The lowest BCUT2D eigenvalue weighted by Crippen LogP contribution is -2.36. The van der Waals surface area contributed by atoms with Crippen molar-refractivity contribution in [2.24, 2.45) is 0 Å². The molecule has 0 atom stereocenters. The van der Waals surface area contributed by atoms with Gasteiger partial charge in [-0.3, -0.25) is 9.59 Å². The minimum atomic E-state index is -0.127. The number of hydrogen-bond acceptors (Lipinski definition) is 5. The van der Waals surface area contributed by atoms with Gasteiger partial charge in [0.15, 0.2) is 5.78 Å². The first-order chi connectivity index (χ1) is 14.0. The molecule has 2 heterocycles. The van der Waals surface area contributed by atoms with E-state index in [4.69, 9.17) is 0 Å². The molecule has 1 aliphatic heterocycles. The van der Waals surface area contributed by atoms with Gasteiger partial charge in [0.05, 0.1) is 0 Å². The van der Waals surface area contributed by atoms with Gasteiger partial charge in [-0.25, -0.2) is 9.97 Å². The highest BCUT2D eigenvalue weighted by molar-refractivity contribution is 6.05. The Labute approximate surface area is 169 Å².